The summed E-state index contributed by atoms with van der Waals surface area (Å²) in [6.45, 7) is 0.0419. The van der Waals surface area contributed by atoms with Gasteiger partial charge in [-0.1, -0.05) is 19.3 Å². The maximum absolute atomic E-state index is 12.4. The van der Waals surface area contributed by atoms with E-state index in [9.17, 15) is 9.59 Å². The van der Waals surface area contributed by atoms with Gasteiger partial charge in [0.15, 0.2) is 5.78 Å². The van der Waals surface area contributed by atoms with E-state index < -0.39 is 12.3 Å². The monoisotopic (exact) mass is 289 g/mol. The third-order valence-corrected chi connectivity index (χ3v) is 7.20. The molecule has 4 aliphatic rings. The molecule has 0 amide bonds. The van der Waals surface area contributed by atoms with Gasteiger partial charge in [-0.15, -0.1) is 0 Å². The van der Waals surface area contributed by atoms with Crippen LogP contribution in [-0.2, 0) is 9.59 Å². The quantitative estimate of drug-likeness (QED) is 0.673. The molecular formula is C19H26O2. The third kappa shape index (κ3) is 1.71. The predicted octanol–water partition coefficient (Wildman–Crippen LogP) is 4.09. The van der Waals surface area contributed by atoms with Crippen LogP contribution < -0.4 is 0 Å². The van der Waals surface area contributed by atoms with Crippen molar-refractivity contribution in [2.24, 2.45) is 28.6 Å². The van der Waals surface area contributed by atoms with E-state index in [1.165, 1.54) is 0 Å². The number of hydrogen-bond acceptors (Lipinski definition) is 2. The van der Waals surface area contributed by atoms with Crippen LogP contribution in [0.4, 0.5) is 0 Å². The molecule has 0 bridgehead atoms. The van der Waals surface area contributed by atoms with Gasteiger partial charge in [0, 0.05) is 22.4 Å². The molecule has 5 atom stereocenters. The van der Waals surface area contributed by atoms with E-state index in [4.69, 9.17) is 4.11 Å². The summed E-state index contributed by atoms with van der Waals surface area (Å²) in [6.07, 6.45) is 7.33. The lowest BCUT2D eigenvalue weighted by Gasteiger charge is -2.56. The van der Waals surface area contributed by atoms with Gasteiger partial charge in [0.1, 0.15) is 5.78 Å². The average Bonchev–Trinajstić information content (AvgIpc) is 2.81. The van der Waals surface area contributed by atoms with E-state index >= 15 is 0 Å². The lowest BCUT2D eigenvalue weighted by Crippen LogP contribution is -2.50. The molecular weight excluding hydrogens is 260 g/mol. The van der Waals surface area contributed by atoms with E-state index in [2.05, 4.69) is 6.92 Å². The van der Waals surface area contributed by atoms with E-state index in [0.717, 1.165) is 31.3 Å². The zero-order valence-corrected chi connectivity index (χ0v) is 12.8. The molecule has 0 N–H and O–H groups in total. The molecule has 0 radical (unpaired) electrons. The van der Waals surface area contributed by atoms with E-state index in [-0.39, 0.29) is 17.1 Å². The highest BCUT2D eigenvalue weighted by molar-refractivity contribution is 5.91. The molecule has 4 rings (SSSR count). The molecule has 4 aliphatic carbocycles. The van der Waals surface area contributed by atoms with Crippen molar-refractivity contribution in [3.63, 3.8) is 0 Å². The van der Waals surface area contributed by atoms with Crippen LogP contribution in [-0.4, -0.2) is 11.6 Å². The lowest BCUT2D eigenvalue weighted by molar-refractivity contribution is -0.132. The Morgan fingerprint density at radius 2 is 1.86 bits per heavy atom. The second-order valence-electron chi connectivity index (χ2n) is 7.94. The summed E-state index contributed by atoms with van der Waals surface area (Å²) >= 11 is 0. The number of carbonyl (C=O) groups is 2. The molecule has 0 aromatic heterocycles. The number of carbonyl (C=O) groups excluding carboxylic acids is 2. The Labute approximate surface area is 131 Å². The van der Waals surface area contributed by atoms with Gasteiger partial charge in [0.2, 0.25) is 0 Å². The number of allylic oxidation sites excluding steroid dienone is 1. The molecule has 0 aromatic rings. The highest BCUT2D eigenvalue weighted by Crippen LogP contribution is 2.64. The Bertz CT molecular complexity index is 635. The molecule has 0 unspecified atom stereocenters. The van der Waals surface area contributed by atoms with Gasteiger partial charge in [-0.2, -0.15) is 0 Å². The van der Waals surface area contributed by atoms with Crippen molar-refractivity contribution in [2.75, 3.05) is 0 Å². The normalized spacial score (nSPS) is 52.0. The van der Waals surface area contributed by atoms with Gasteiger partial charge >= 0.3 is 0 Å². The molecule has 3 fully saturated rings. The maximum Gasteiger partial charge on any atom is 0.155 e. The number of Topliss-reactive ketones (excluding diaryl/α,β-unsaturated/α-hetero) is 1. The first-order valence-electron chi connectivity index (χ1n) is 9.97. The van der Waals surface area contributed by atoms with Gasteiger partial charge in [-0.05, 0) is 67.8 Å². The van der Waals surface area contributed by atoms with Crippen molar-refractivity contribution in [1.82, 2.24) is 0 Å². The summed E-state index contributed by atoms with van der Waals surface area (Å²) in [5.74, 6) is 1.22. The fourth-order valence-corrected chi connectivity index (χ4v) is 5.99. The molecule has 114 valence electrons. The number of ketones is 2. The zero-order valence-electron chi connectivity index (χ0n) is 15.8. The summed E-state index contributed by atoms with van der Waals surface area (Å²) in [5.41, 5.74) is -0.174. The Morgan fingerprint density at radius 1 is 1.05 bits per heavy atom. The summed E-state index contributed by atoms with van der Waals surface area (Å²) in [4.78, 5) is 24.4. The van der Waals surface area contributed by atoms with Crippen LogP contribution in [0.5, 0.6) is 0 Å². The van der Waals surface area contributed by atoms with Crippen LogP contribution >= 0.6 is 0 Å². The first-order chi connectivity index (χ1) is 11.2. The fourth-order valence-electron chi connectivity index (χ4n) is 5.99. The van der Waals surface area contributed by atoms with E-state index in [0.29, 0.717) is 43.3 Å². The molecule has 3 saturated carbocycles. The SMILES string of the molecule is [2H]C([2H])([2H])[C@@]12CCC(=O)C=C1CC[C@@H]1[C@H]3CCC(=O)[C@]3(C)CC[C@H]12. The lowest BCUT2D eigenvalue weighted by atomic mass is 9.47. The molecule has 0 aromatic carbocycles. The summed E-state index contributed by atoms with van der Waals surface area (Å²) in [6, 6.07) is 0. The van der Waals surface area contributed by atoms with Crippen LogP contribution in [0, 0.1) is 28.6 Å². The number of rotatable bonds is 0. The second kappa shape index (κ2) is 4.30. The van der Waals surface area contributed by atoms with Gasteiger partial charge in [0.25, 0.3) is 0 Å². The minimum absolute atomic E-state index is 0.0833. The highest BCUT2D eigenvalue weighted by atomic mass is 16.1. The van der Waals surface area contributed by atoms with Crippen LogP contribution in [0.2, 0.25) is 0 Å². The molecule has 0 aliphatic heterocycles. The van der Waals surface area contributed by atoms with Gasteiger partial charge < -0.3 is 0 Å². The Balaban J connectivity index is 1.79. The van der Waals surface area contributed by atoms with Crippen molar-refractivity contribution in [2.45, 2.75) is 65.1 Å². The van der Waals surface area contributed by atoms with Crippen LogP contribution in [0.3, 0.4) is 0 Å². The molecule has 21 heavy (non-hydrogen) atoms. The summed E-state index contributed by atoms with van der Waals surface area (Å²) < 4.78 is 25.0. The zero-order chi connectivity index (χ0) is 17.3. The minimum Gasteiger partial charge on any atom is -0.299 e. The first kappa shape index (κ1) is 10.7. The van der Waals surface area contributed by atoms with Crippen LogP contribution in [0.15, 0.2) is 11.6 Å². The molecule has 0 heterocycles. The fraction of sp³-hybridized carbons (Fsp3) is 0.789. The van der Waals surface area contributed by atoms with Crippen LogP contribution in [0.25, 0.3) is 0 Å². The Morgan fingerprint density at radius 3 is 2.67 bits per heavy atom. The van der Waals surface area contributed by atoms with E-state index in [1.54, 1.807) is 6.08 Å². The van der Waals surface area contributed by atoms with Crippen LogP contribution in [0.1, 0.15) is 69.3 Å². The van der Waals surface area contributed by atoms with Crippen molar-refractivity contribution in [3.8, 4) is 0 Å². The van der Waals surface area contributed by atoms with Gasteiger partial charge in [-0.3, -0.25) is 9.59 Å². The van der Waals surface area contributed by atoms with Crippen molar-refractivity contribution in [1.29, 1.82) is 0 Å². The van der Waals surface area contributed by atoms with E-state index in [1.807, 2.05) is 0 Å². The molecule has 0 spiro atoms. The van der Waals surface area contributed by atoms with Crippen molar-refractivity contribution >= 4 is 11.6 Å². The minimum atomic E-state index is -2.07. The smallest absolute Gasteiger partial charge is 0.155 e. The summed E-state index contributed by atoms with van der Waals surface area (Å²) in [5, 5.41) is 0. The highest BCUT2D eigenvalue weighted by Gasteiger charge is 2.58. The number of hydrogen-bond donors (Lipinski definition) is 0. The topological polar surface area (TPSA) is 34.1 Å². The molecule has 2 nitrogen and oxygen atoms in total. The maximum atomic E-state index is 12.4. The van der Waals surface area contributed by atoms with Gasteiger partial charge in [0.05, 0.1) is 0 Å². The standard InChI is InChI=1S/C19H26O2/c1-18-9-7-13(20)11-12(18)3-4-14-15-5-6-17(21)19(15,2)10-8-16(14)18/h11,14-16H,3-10H2,1-2H3/t14-,15-,16-,18-,19-/m1/s1/i1D3. The first-order valence-corrected chi connectivity index (χ1v) is 8.47. The number of fused-ring (bicyclic) bond motifs is 5. The third-order valence-electron chi connectivity index (χ3n) is 7.20. The van der Waals surface area contributed by atoms with Gasteiger partial charge in [-0.25, -0.2) is 0 Å². The summed E-state index contributed by atoms with van der Waals surface area (Å²) in [7, 11) is 0. The predicted molar refractivity (Wildman–Crippen MR) is 81.7 cm³/mol. The molecule has 2 heteroatoms. The van der Waals surface area contributed by atoms with Crippen molar-refractivity contribution in [3.05, 3.63) is 11.6 Å². The van der Waals surface area contributed by atoms with Crippen molar-refractivity contribution < 1.29 is 13.7 Å². The molecule has 0 saturated heterocycles. The Kier molecular flexibility index (Phi) is 2.20. The second-order valence-corrected chi connectivity index (χ2v) is 7.94. The average molecular weight is 289 g/mol. The largest absolute Gasteiger partial charge is 0.299 e. The Hall–Kier alpha value is -0.920.